The first-order valence-corrected chi connectivity index (χ1v) is 7.58. The summed E-state index contributed by atoms with van der Waals surface area (Å²) in [4.78, 5) is 12.1. The highest BCUT2D eigenvalue weighted by Crippen LogP contribution is 2.49. The van der Waals surface area contributed by atoms with Gasteiger partial charge in [-0.25, -0.2) is 0 Å². The summed E-state index contributed by atoms with van der Waals surface area (Å²) in [5.74, 6) is 1.04. The average Bonchev–Trinajstić information content (AvgIpc) is 3.21. The van der Waals surface area contributed by atoms with Gasteiger partial charge in [-0.1, -0.05) is 24.3 Å². The molecule has 0 aliphatic heterocycles. The molecule has 2 unspecified atom stereocenters. The number of rotatable bonds is 3. The quantitative estimate of drug-likeness (QED) is 0.529. The molecule has 0 amide bonds. The van der Waals surface area contributed by atoms with Gasteiger partial charge in [0, 0.05) is 23.3 Å². The van der Waals surface area contributed by atoms with Crippen LogP contribution in [0.2, 0.25) is 0 Å². The van der Waals surface area contributed by atoms with Crippen LogP contribution in [0.1, 0.15) is 5.56 Å². The van der Waals surface area contributed by atoms with Crippen molar-refractivity contribution in [3.05, 3.63) is 48.1 Å². The Kier molecular flexibility index (Phi) is 3.15. The number of hydrogen-bond donors (Lipinski definition) is 1. The summed E-state index contributed by atoms with van der Waals surface area (Å²) in [5, 5.41) is 18.4. The number of fused-ring (bicyclic) bond motifs is 5. The summed E-state index contributed by atoms with van der Waals surface area (Å²) in [7, 11) is 1.50. The van der Waals surface area contributed by atoms with Crippen LogP contribution in [-0.4, -0.2) is 29.9 Å². The minimum Gasteiger partial charge on any atom is -0.504 e. The number of ketones is 1. The fourth-order valence-corrected chi connectivity index (χ4v) is 3.74. The first-order valence-electron chi connectivity index (χ1n) is 7.58. The van der Waals surface area contributed by atoms with Crippen LogP contribution in [0.4, 0.5) is 0 Å². The molecule has 0 saturated heterocycles. The molecule has 3 aliphatic carbocycles. The number of methoxy groups -OCH3 is 1. The fraction of sp³-hybridized carbons (Fsp3) is 0.278. The first kappa shape index (κ1) is 13.9. The van der Waals surface area contributed by atoms with Gasteiger partial charge in [0.1, 0.15) is 5.78 Å². The molecule has 4 rings (SSSR count). The monoisotopic (exact) mass is 308 g/mol. The Labute approximate surface area is 133 Å². The van der Waals surface area contributed by atoms with Crippen LogP contribution in [0, 0.1) is 23.7 Å². The van der Waals surface area contributed by atoms with Crippen LogP contribution in [0.3, 0.4) is 0 Å². The van der Waals surface area contributed by atoms with E-state index in [1.807, 2.05) is 18.2 Å². The molecule has 0 aromatic heterocycles. The molecule has 1 saturated carbocycles. The van der Waals surface area contributed by atoms with Crippen molar-refractivity contribution in [2.75, 3.05) is 7.11 Å². The lowest BCUT2D eigenvalue weighted by Crippen LogP contribution is -2.20. The van der Waals surface area contributed by atoms with Gasteiger partial charge < -0.3 is 9.84 Å². The number of phenols is 1. The summed E-state index contributed by atoms with van der Waals surface area (Å²) in [6.45, 7) is 0. The number of phenolic OH excluding ortho intramolecular Hbond substituents is 1. The van der Waals surface area contributed by atoms with Crippen molar-refractivity contribution in [1.29, 1.82) is 0 Å². The highest BCUT2D eigenvalue weighted by molar-refractivity contribution is 6.08. The molecule has 3 aliphatic rings. The van der Waals surface area contributed by atoms with E-state index in [-0.39, 0.29) is 29.4 Å². The second-order valence-corrected chi connectivity index (χ2v) is 5.97. The minimum absolute atomic E-state index is 0.0142. The summed E-state index contributed by atoms with van der Waals surface area (Å²) >= 11 is 0. The molecule has 116 valence electrons. The lowest BCUT2D eigenvalue weighted by Gasteiger charge is -2.17. The van der Waals surface area contributed by atoms with Crippen LogP contribution < -0.4 is 4.74 Å². The number of para-hydroxylation sites is 1. The first-order chi connectivity index (χ1) is 11.2. The number of carbonyl (C=O) groups is 1. The molecule has 0 radical (unpaired) electrons. The number of carbonyl (C=O) groups excluding carboxylic acids is 1. The Morgan fingerprint density at radius 3 is 2.87 bits per heavy atom. The van der Waals surface area contributed by atoms with E-state index in [1.54, 1.807) is 18.2 Å². The lowest BCUT2D eigenvalue weighted by molar-refractivity contribution is -0.121. The molecule has 1 fully saturated rings. The standard InChI is InChI=1S/C18H16N2O3/c1-23-15-4-2-3-10(17(15)21)9-19-20-14-8-7-11-12-5-6-13(16(11)14)18(12)22/h2-9,11-13,16,21H,1H3/b19-9+,20-14-/t11?,12-,13+,16?/m1/s1. The maximum Gasteiger partial charge on any atom is 0.166 e. The number of aromatic hydroxyl groups is 1. The predicted octanol–water partition coefficient (Wildman–Crippen LogP) is 2.36. The van der Waals surface area contributed by atoms with Gasteiger partial charge in [0.15, 0.2) is 11.5 Å². The van der Waals surface area contributed by atoms with E-state index in [0.717, 1.165) is 5.71 Å². The molecule has 2 bridgehead atoms. The van der Waals surface area contributed by atoms with Gasteiger partial charge in [0.25, 0.3) is 0 Å². The van der Waals surface area contributed by atoms with Crippen molar-refractivity contribution >= 4 is 17.7 Å². The van der Waals surface area contributed by atoms with E-state index in [1.165, 1.54) is 13.3 Å². The third-order valence-corrected chi connectivity index (χ3v) is 4.85. The number of hydrogen-bond acceptors (Lipinski definition) is 5. The van der Waals surface area contributed by atoms with E-state index in [4.69, 9.17) is 4.74 Å². The number of benzene rings is 1. The highest BCUT2D eigenvalue weighted by atomic mass is 16.5. The molecular weight excluding hydrogens is 292 g/mol. The summed E-state index contributed by atoms with van der Waals surface area (Å²) < 4.78 is 5.06. The largest absolute Gasteiger partial charge is 0.504 e. The van der Waals surface area contributed by atoms with Crippen molar-refractivity contribution in [1.82, 2.24) is 0 Å². The Hall–Kier alpha value is -2.69. The topological polar surface area (TPSA) is 71.2 Å². The van der Waals surface area contributed by atoms with Gasteiger partial charge in [-0.2, -0.15) is 10.2 Å². The number of nitrogens with zero attached hydrogens (tertiary/aromatic N) is 2. The maximum absolute atomic E-state index is 12.1. The molecule has 4 atom stereocenters. The molecule has 1 aromatic carbocycles. The minimum atomic E-state index is -0.0563. The molecule has 1 N–H and O–H groups in total. The molecule has 0 heterocycles. The zero-order valence-corrected chi connectivity index (χ0v) is 12.6. The predicted molar refractivity (Wildman–Crippen MR) is 86.9 cm³/mol. The van der Waals surface area contributed by atoms with Gasteiger partial charge in [-0.15, -0.1) is 0 Å². The van der Waals surface area contributed by atoms with Gasteiger partial charge in [0.2, 0.25) is 0 Å². The molecule has 1 aromatic rings. The van der Waals surface area contributed by atoms with Gasteiger partial charge in [-0.3, -0.25) is 4.79 Å². The van der Waals surface area contributed by atoms with Crippen LogP contribution in [-0.2, 0) is 4.79 Å². The Balaban J connectivity index is 1.57. The SMILES string of the molecule is COc1cccc(/C=N/N=C2/C=CC3C2[C@@H]2C=C[C@H]3C2=O)c1O. The second kappa shape index (κ2) is 5.19. The van der Waals surface area contributed by atoms with Crippen molar-refractivity contribution in [3.8, 4) is 11.5 Å². The molecule has 5 nitrogen and oxygen atoms in total. The third kappa shape index (κ3) is 2.04. The average molecular weight is 308 g/mol. The van der Waals surface area contributed by atoms with Gasteiger partial charge in [0.05, 0.1) is 19.0 Å². The van der Waals surface area contributed by atoms with E-state index in [2.05, 4.69) is 16.3 Å². The smallest absolute Gasteiger partial charge is 0.166 e. The van der Waals surface area contributed by atoms with Gasteiger partial charge >= 0.3 is 0 Å². The van der Waals surface area contributed by atoms with Crippen LogP contribution in [0.5, 0.6) is 11.5 Å². The fourth-order valence-electron chi connectivity index (χ4n) is 3.74. The van der Waals surface area contributed by atoms with Crippen molar-refractivity contribution < 1.29 is 14.6 Å². The van der Waals surface area contributed by atoms with Crippen LogP contribution >= 0.6 is 0 Å². The van der Waals surface area contributed by atoms with E-state index in [9.17, 15) is 9.90 Å². The maximum atomic E-state index is 12.1. The van der Waals surface area contributed by atoms with Crippen LogP contribution in [0.25, 0.3) is 0 Å². The third-order valence-electron chi connectivity index (χ3n) is 4.85. The van der Waals surface area contributed by atoms with E-state index < -0.39 is 0 Å². The molecule has 23 heavy (non-hydrogen) atoms. The summed E-state index contributed by atoms with van der Waals surface area (Å²) in [6, 6.07) is 5.19. The molecule has 5 heteroatoms. The Morgan fingerprint density at radius 1 is 1.22 bits per heavy atom. The molecule has 0 spiro atoms. The van der Waals surface area contributed by atoms with E-state index >= 15 is 0 Å². The van der Waals surface area contributed by atoms with Crippen LogP contribution in [0.15, 0.2) is 52.7 Å². The Morgan fingerprint density at radius 2 is 2.04 bits per heavy atom. The zero-order chi connectivity index (χ0) is 16.0. The number of ether oxygens (including phenoxy) is 1. The molecular formula is C18H16N2O3. The van der Waals surface area contributed by atoms with Crippen molar-refractivity contribution in [3.63, 3.8) is 0 Å². The normalized spacial score (nSPS) is 32.4. The second-order valence-electron chi connectivity index (χ2n) is 5.97. The van der Waals surface area contributed by atoms with Crippen molar-refractivity contribution in [2.45, 2.75) is 0 Å². The highest BCUT2D eigenvalue weighted by Gasteiger charge is 2.53. The Bertz CT molecular complexity index is 791. The summed E-state index contributed by atoms with van der Waals surface area (Å²) in [5.41, 5.74) is 1.37. The van der Waals surface area contributed by atoms with E-state index in [0.29, 0.717) is 17.1 Å². The zero-order valence-electron chi connectivity index (χ0n) is 12.6. The summed E-state index contributed by atoms with van der Waals surface area (Å²) in [6.07, 6.45) is 9.52. The number of allylic oxidation sites excluding steroid dienone is 4. The number of Topliss-reactive ketones (excluding diaryl/α,β-unsaturated/α-hetero) is 1. The lowest BCUT2D eigenvalue weighted by atomic mass is 9.85. The van der Waals surface area contributed by atoms with Gasteiger partial charge in [-0.05, 0) is 24.1 Å². The van der Waals surface area contributed by atoms with Crippen molar-refractivity contribution in [2.24, 2.45) is 33.9 Å².